The van der Waals surface area contributed by atoms with Crippen LogP contribution in [-0.2, 0) is 0 Å². The van der Waals surface area contributed by atoms with E-state index in [1.165, 1.54) is 25.9 Å². The molecule has 1 saturated heterocycles. The molecule has 0 N–H and O–H groups in total. The number of nitrogens with zero attached hydrogens (tertiary/aromatic N) is 1. The predicted molar refractivity (Wildman–Crippen MR) is 58.6 cm³/mol. The van der Waals surface area contributed by atoms with Crippen molar-refractivity contribution in [2.75, 3.05) is 13.1 Å². The van der Waals surface area contributed by atoms with Crippen molar-refractivity contribution in [3.8, 4) is 0 Å². The van der Waals surface area contributed by atoms with Crippen LogP contribution in [0.5, 0.6) is 0 Å². The highest BCUT2D eigenvalue weighted by atomic mass is 15.1. The van der Waals surface area contributed by atoms with Gasteiger partial charge in [0.25, 0.3) is 0 Å². The topological polar surface area (TPSA) is 3.24 Å². The van der Waals surface area contributed by atoms with Gasteiger partial charge in [-0.3, -0.25) is 0 Å². The van der Waals surface area contributed by atoms with Gasteiger partial charge in [-0.05, 0) is 36.5 Å². The number of allylic oxidation sites excluding steroid dienone is 1. The largest absolute Gasteiger partial charge is 0.377 e. The van der Waals surface area contributed by atoms with Crippen LogP contribution in [0.2, 0.25) is 0 Å². The quantitative estimate of drug-likeness (QED) is 0.646. The van der Waals surface area contributed by atoms with E-state index in [9.17, 15) is 0 Å². The lowest BCUT2D eigenvalue weighted by molar-refractivity contribution is 0.447. The summed E-state index contributed by atoms with van der Waals surface area (Å²) in [5.74, 6) is 1.39. The molecule has 1 heterocycles. The van der Waals surface area contributed by atoms with Crippen molar-refractivity contribution in [2.45, 2.75) is 40.5 Å². The minimum atomic E-state index is 0.695. The fourth-order valence-corrected chi connectivity index (χ4v) is 2.05. The van der Waals surface area contributed by atoms with Crippen molar-refractivity contribution in [2.24, 2.45) is 11.8 Å². The molecule has 1 rings (SSSR count). The van der Waals surface area contributed by atoms with Crippen molar-refractivity contribution in [1.29, 1.82) is 0 Å². The van der Waals surface area contributed by atoms with Gasteiger partial charge in [0.05, 0.1) is 0 Å². The highest BCUT2D eigenvalue weighted by Crippen LogP contribution is 2.21. The van der Waals surface area contributed by atoms with Gasteiger partial charge in [-0.2, -0.15) is 0 Å². The van der Waals surface area contributed by atoms with Crippen LogP contribution in [0.25, 0.3) is 0 Å². The first-order valence-electron chi connectivity index (χ1n) is 5.57. The van der Waals surface area contributed by atoms with E-state index in [-0.39, 0.29) is 0 Å². The van der Waals surface area contributed by atoms with Crippen molar-refractivity contribution in [3.63, 3.8) is 0 Å². The van der Waals surface area contributed by atoms with Gasteiger partial charge < -0.3 is 4.90 Å². The monoisotopic (exact) mass is 181 g/mol. The molecule has 0 aromatic heterocycles. The van der Waals surface area contributed by atoms with Crippen LogP contribution in [0.1, 0.15) is 40.5 Å². The standard InChI is InChI=1S/C12H23N/c1-10(2)12(11(3)4)9-13-7-5-6-8-13/h9-11H,5-8H2,1-4H3. The van der Waals surface area contributed by atoms with E-state index >= 15 is 0 Å². The lowest BCUT2D eigenvalue weighted by atomic mass is 9.93. The van der Waals surface area contributed by atoms with E-state index in [0.717, 1.165) is 0 Å². The van der Waals surface area contributed by atoms with E-state index in [0.29, 0.717) is 11.8 Å². The molecule has 1 nitrogen and oxygen atoms in total. The second-order valence-corrected chi connectivity index (χ2v) is 4.68. The summed E-state index contributed by atoms with van der Waals surface area (Å²) in [5.41, 5.74) is 1.60. The number of rotatable bonds is 3. The van der Waals surface area contributed by atoms with Gasteiger partial charge in [0.2, 0.25) is 0 Å². The average molecular weight is 181 g/mol. The fraction of sp³-hybridized carbons (Fsp3) is 0.833. The van der Waals surface area contributed by atoms with Gasteiger partial charge in [-0.15, -0.1) is 0 Å². The van der Waals surface area contributed by atoms with Crippen LogP contribution in [-0.4, -0.2) is 18.0 Å². The molecule has 1 aliphatic rings. The third-order valence-electron chi connectivity index (χ3n) is 2.81. The summed E-state index contributed by atoms with van der Waals surface area (Å²) in [6, 6.07) is 0. The summed E-state index contributed by atoms with van der Waals surface area (Å²) in [6.07, 6.45) is 5.16. The Balaban J connectivity index is 2.61. The molecule has 0 radical (unpaired) electrons. The minimum absolute atomic E-state index is 0.695. The normalized spacial score (nSPS) is 17.2. The Morgan fingerprint density at radius 1 is 1.00 bits per heavy atom. The number of hydrogen-bond acceptors (Lipinski definition) is 1. The van der Waals surface area contributed by atoms with Crippen molar-refractivity contribution >= 4 is 0 Å². The molecule has 0 amide bonds. The van der Waals surface area contributed by atoms with Crippen molar-refractivity contribution in [3.05, 3.63) is 11.8 Å². The molecule has 76 valence electrons. The van der Waals surface area contributed by atoms with Gasteiger partial charge in [-0.25, -0.2) is 0 Å². The number of hydrogen-bond donors (Lipinski definition) is 0. The zero-order valence-electron chi connectivity index (χ0n) is 9.51. The average Bonchev–Trinajstić information content (AvgIpc) is 2.50. The predicted octanol–water partition coefficient (Wildman–Crippen LogP) is 3.28. The Morgan fingerprint density at radius 3 is 1.85 bits per heavy atom. The molecule has 0 aromatic rings. The molecule has 0 aromatic carbocycles. The Labute approximate surface area is 82.8 Å². The summed E-state index contributed by atoms with van der Waals surface area (Å²) in [4.78, 5) is 2.48. The summed E-state index contributed by atoms with van der Waals surface area (Å²) < 4.78 is 0. The van der Waals surface area contributed by atoms with Crippen LogP contribution < -0.4 is 0 Å². The second kappa shape index (κ2) is 4.69. The number of likely N-dealkylation sites (tertiary alicyclic amines) is 1. The van der Waals surface area contributed by atoms with Gasteiger partial charge >= 0.3 is 0 Å². The molecule has 13 heavy (non-hydrogen) atoms. The SMILES string of the molecule is CC(C)C(=CN1CCCC1)C(C)C. The Kier molecular flexibility index (Phi) is 3.83. The Bertz CT molecular complexity index is 164. The first kappa shape index (κ1) is 10.6. The van der Waals surface area contributed by atoms with Crippen molar-refractivity contribution < 1.29 is 0 Å². The molecule has 0 atom stereocenters. The molecule has 1 fully saturated rings. The van der Waals surface area contributed by atoms with Gasteiger partial charge in [-0.1, -0.05) is 27.7 Å². The highest BCUT2D eigenvalue weighted by Gasteiger charge is 2.12. The van der Waals surface area contributed by atoms with Gasteiger partial charge in [0.1, 0.15) is 0 Å². The van der Waals surface area contributed by atoms with Crippen molar-refractivity contribution in [1.82, 2.24) is 4.90 Å². The molecule has 0 spiro atoms. The molecule has 0 bridgehead atoms. The molecule has 1 heteroatoms. The molecule has 1 aliphatic heterocycles. The first-order chi connectivity index (χ1) is 6.11. The van der Waals surface area contributed by atoms with Crippen LogP contribution in [0.3, 0.4) is 0 Å². The third-order valence-corrected chi connectivity index (χ3v) is 2.81. The smallest absolute Gasteiger partial charge is 0.0173 e. The van der Waals surface area contributed by atoms with Crippen LogP contribution in [0.15, 0.2) is 11.8 Å². The van der Waals surface area contributed by atoms with Gasteiger partial charge in [0, 0.05) is 13.1 Å². The zero-order chi connectivity index (χ0) is 9.84. The van der Waals surface area contributed by atoms with Gasteiger partial charge in [0.15, 0.2) is 0 Å². The summed E-state index contributed by atoms with van der Waals surface area (Å²) >= 11 is 0. The van der Waals surface area contributed by atoms with E-state index in [4.69, 9.17) is 0 Å². The van der Waals surface area contributed by atoms with E-state index < -0.39 is 0 Å². The fourth-order valence-electron chi connectivity index (χ4n) is 2.05. The van der Waals surface area contributed by atoms with E-state index in [1.807, 2.05) is 0 Å². The second-order valence-electron chi connectivity index (χ2n) is 4.68. The lowest BCUT2D eigenvalue weighted by Crippen LogP contribution is -2.15. The molecular weight excluding hydrogens is 158 g/mol. The van der Waals surface area contributed by atoms with E-state index in [1.54, 1.807) is 5.57 Å². The molecule has 0 aliphatic carbocycles. The molecular formula is C12H23N. The first-order valence-corrected chi connectivity index (χ1v) is 5.57. The maximum Gasteiger partial charge on any atom is 0.0173 e. The Morgan fingerprint density at radius 2 is 1.46 bits per heavy atom. The zero-order valence-corrected chi connectivity index (χ0v) is 9.51. The Hall–Kier alpha value is -0.460. The maximum atomic E-state index is 2.48. The lowest BCUT2D eigenvalue weighted by Gasteiger charge is -2.20. The summed E-state index contributed by atoms with van der Waals surface area (Å²) in [5, 5.41) is 0. The van der Waals surface area contributed by atoms with Crippen LogP contribution in [0.4, 0.5) is 0 Å². The summed E-state index contributed by atoms with van der Waals surface area (Å²) in [6.45, 7) is 11.7. The van der Waals surface area contributed by atoms with E-state index in [2.05, 4.69) is 38.8 Å². The summed E-state index contributed by atoms with van der Waals surface area (Å²) in [7, 11) is 0. The maximum absolute atomic E-state index is 2.48. The highest BCUT2D eigenvalue weighted by molar-refractivity contribution is 5.07. The third kappa shape index (κ3) is 3.06. The minimum Gasteiger partial charge on any atom is -0.377 e. The molecule has 0 saturated carbocycles. The van der Waals surface area contributed by atoms with Crippen LogP contribution >= 0.6 is 0 Å². The molecule has 0 unspecified atom stereocenters. The van der Waals surface area contributed by atoms with Crippen LogP contribution in [0, 0.1) is 11.8 Å².